The third kappa shape index (κ3) is 6.72. The quantitative estimate of drug-likeness (QED) is 0.456. The lowest BCUT2D eigenvalue weighted by Crippen LogP contribution is -2.38. The summed E-state index contributed by atoms with van der Waals surface area (Å²) in [4.78, 5) is 29.2. The Labute approximate surface area is 195 Å². The number of carbonyl (C=O) groups is 2. The van der Waals surface area contributed by atoms with E-state index in [0.717, 1.165) is 38.1 Å². The monoisotopic (exact) mass is 516 g/mol. The highest BCUT2D eigenvalue weighted by Gasteiger charge is 2.25. The number of carboxylic acid groups (broad SMARTS) is 1. The molecule has 1 heterocycles. The molecule has 1 aromatic carbocycles. The molecule has 0 radical (unpaired) electrons. The van der Waals surface area contributed by atoms with Gasteiger partial charge in [0.05, 0.1) is 11.1 Å². The molecule has 0 saturated heterocycles. The fourth-order valence-corrected chi connectivity index (χ4v) is 6.13. The second kappa shape index (κ2) is 10.2. The van der Waals surface area contributed by atoms with Crippen LogP contribution in [0.4, 0.5) is 15.6 Å². The van der Waals surface area contributed by atoms with Gasteiger partial charge >= 0.3 is 12.0 Å². The van der Waals surface area contributed by atoms with Gasteiger partial charge in [-0.25, -0.2) is 26.6 Å². The van der Waals surface area contributed by atoms with Crippen LogP contribution in [0.5, 0.6) is 0 Å². The number of nitrogens with zero attached hydrogens (tertiary/aromatic N) is 2. The number of carboxylic acids is 1. The van der Waals surface area contributed by atoms with Gasteiger partial charge in [-0.1, -0.05) is 24.2 Å². The van der Waals surface area contributed by atoms with E-state index < -0.39 is 38.4 Å². The topological polar surface area (TPSA) is 163 Å². The van der Waals surface area contributed by atoms with Gasteiger partial charge in [-0.3, -0.25) is 15.0 Å². The Balaban J connectivity index is 1.79. The standard InChI is InChI=1S/C19H24N4O7S3/c1-32(27,28)15-8-6-14(7-9-15)23(12-13-4-2-3-5-13)19(26)22-18-20-11-17(31-18)33(29,30)21-10-16(24)25/h6-9,11,13,21H,2-5,10,12H2,1H3,(H,24,25)(H,20,22,26). The Morgan fingerprint density at radius 1 is 1.15 bits per heavy atom. The third-order valence-electron chi connectivity index (χ3n) is 5.11. The highest BCUT2D eigenvalue weighted by Crippen LogP contribution is 2.29. The predicted molar refractivity (Wildman–Crippen MR) is 123 cm³/mol. The maximum atomic E-state index is 13.1. The second-order valence-electron chi connectivity index (χ2n) is 7.66. The van der Waals surface area contributed by atoms with Crippen molar-refractivity contribution in [3.05, 3.63) is 30.5 Å². The molecule has 1 aliphatic carbocycles. The fraction of sp³-hybridized carbons (Fsp3) is 0.421. The fourth-order valence-electron chi connectivity index (χ4n) is 3.46. The van der Waals surface area contributed by atoms with Crippen molar-refractivity contribution < 1.29 is 31.5 Å². The largest absolute Gasteiger partial charge is 0.480 e. The Hall–Kier alpha value is -2.55. The van der Waals surface area contributed by atoms with Crippen LogP contribution in [0, 0.1) is 5.92 Å². The smallest absolute Gasteiger partial charge is 0.328 e. The zero-order chi connectivity index (χ0) is 24.2. The van der Waals surface area contributed by atoms with Crippen molar-refractivity contribution in [1.29, 1.82) is 0 Å². The molecule has 0 bridgehead atoms. The van der Waals surface area contributed by atoms with Crippen LogP contribution in [0.25, 0.3) is 0 Å². The van der Waals surface area contributed by atoms with Gasteiger partial charge in [-0.05, 0) is 43.0 Å². The number of urea groups is 1. The minimum absolute atomic E-state index is 0.0277. The van der Waals surface area contributed by atoms with Crippen molar-refractivity contribution in [3.63, 3.8) is 0 Å². The average Bonchev–Trinajstić information content (AvgIpc) is 3.42. The highest BCUT2D eigenvalue weighted by molar-refractivity contribution is 7.91. The maximum absolute atomic E-state index is 13.1. The number of benzene rings is 1. The van der Waals surface area contributed by atoms with Crippen molar-refractivity contribution in [2.45, 2.75) is 34.8 Å². The van der Waals surface area contributed by atoms with Gasteiger partial charge < -0.3 is 5.11 Å². The van der Waals surface area contributed by atoms with Gasteiger partial charge in [0.25, 0.3) is 10.0 Å². The molecule has 14 heteroatoms. The first kappa shape index (κ1) is 25.1. The molecule has 0 unspecified atom stereocenters. The zero-order valence-corrected chi connectivity index (χ0v) is 20.2. The number of nitrogens with one attached hydrogen (secondary N) is 2. The molecule has 0 spiro atoms. The second-order valence-corrected chi connectivity index (χ2v) is 12.7. The van der Waals surface area contributed by atoms with Crippen molar-refractivity contribution in [2.75, 3.05) is 29.6 Å². The number of thiazole rings is 1. The minimum atomic E-state index is -4.08. The van der Waals surface area contributed by atoms with Crippen LogP contribution >= 0.6 is 11.3 Å². The Morgan fingerprint density at radius 2 is 1.79 bits per heavy atom. The first-order valence-corrected chi connectivity index (χ1v) is 14.2. The molecule has 11 nitrogen and oxygen atoms in total. The number of sulfone groups is 1. The van der Waals surface area contributed by atoms with Crippen LogP contribution in [0.1, 0.15) is 25.7 Å². The Bertz CT molecular complexity index is 1220. The van der Waals surface area contributed by atoms with E-state index in [1.807, 2.05) is 4.72 Å². The van der Waals surface area contributed by atoms with Gasteiger partial charge in [-0.2, -0.15) is 4.72 Å². The molecule has 1 saturated carbocycles. The number of rotatable bonds is 9. The van der Waals surface area contributed by atoms with E-state index >= 15 is 0 Å². The number of aromatic nitrogens is 1. The summed E-state index contributed by atoms with van der Waals surface area (Å²) < 4.78 is 49.5. The van der Waals surface area contributed by atoms with E-state index in [1.165, 1.54) is 17.0 Å². The van der Waals surface area contributed by atoms with Crippen molar-refractivity contribution in [3.8, 4) is 0 Å². The van der Waals surface area contributed by atoms with Crippen molar-refractivity contribution in [2.24, 2.45) is 5.92 Å². The van der Waals surface area contributed by atoms with Crippen LogP contribution in [-0.2, 0) is 24.7 Å². The summed E-state index contributed by atoms with van der Waals surface area (Å²) in [6, 6.07) is 5.44. The number of aliphatic carboxylic acids is 1. The summed E-state index contributed by atoms with van der Waals surface area (Å²) in [6.45, 7) is -0.360. The molecule has 2 aromatic rings. The molecule has 0 atom stereocenters. The number of anilines is 2. The summed E-state index contributed by atoms with van der Waals surface area (Å²) in [6.07, 6.45) is 6.23. The molecular weight excluding hydrogens is 492 g/mol. The number of hydrogen-bond acceptors (Lipinski definition) is 8. The van der Waals surface area contributed by atoms with Gasteiger partial charge in [0, 0.05) is 18.5 Å². The SMILES string of the molecule is CS(=O)(=O)c1ccc(N(CC2CCCC2)C(=O)Nc2ncc(S(=O)(=O)NCC(=O)O)s2)cc1. The number of sulfonamides is 1. The van der Waals surface area contributed by atoms with Crippen LogP contribution in [-0.4, -0.2) is 58.3 Å². The van der Waals surface area contributed by atoms with Gasteiger partial charge in [0.2, 0.25) is 0 Å². The Kier molecular flexibility index (Phi) is 7.72. The number of hydrogen-bond donors (Lipinski definition) is 3. The molecule has 180 valence electrons. The van der Waals surface area contributed by atoms with Crippen LogP contribution in [0.3, 0.4) is 0 Å². The lowest BCUT2D eigenvalue weighted by atomic mass is 10.1. The van der Waals surface area contributed by atoms with E-state index in [4.69, 9.17) is 5.11 Å². The predicted octanol–water partition coefficient (Wildman–Crippen LogP) is 2.14. The van der Waals surface area contributed by atoms with E-state index in [0.29, 0.717) is 23.6 Å². The first-order valence-electron chi connectivity index (χ1n) is 10.0. The van der Waals surface area contributed by atoms with Gasteiger partial charge in [-0.15, -0.1) is 0 Å². The highest BCUT2D eigenvalue weighted by atomic mass is 32.2. The van der Waals surface area contributed by atoms with Crippen LogP contribution < -0.4 is 14.9 Å². The van der Waals surface area contributed by atoms with Gasteiger partial charge in [0.1, 0.15) is 6.54 Å². The van der Waals surface area contributed by atoms with Crippen LogP contribution in [0.2, 0.25) is 0 Å². The minimum Gasteiger partial charge on any atom is -0.480 e. The molecule has 1 aromatic heterocycles. The van der Waals surface area contributed by atoms with E-state index in [-0.39, 0.29) is 20.2 Å². The molecule has 2 amide bonds. The molecule has 3 rings (SSSR count). The maximum Gasteiger partial charge on any atom is 0.328 e. The molecule has 1 fully saturated rings. The third-order valence-corrected chi connectivity index (χ3v) is 9.02. The summed E-state index contributed by atoms with van der Waals surface area (Å²) in [5, 5.41) is 11.3. The van der Waals surface area contributed by atoms with Crippen LogP contribution in [0.15, 0.2) is 39.6 Å². The summed E-state index contributed by atoms with van der Waals surface area (Å²) in [7, 11) is -7.46. The molecule has 0 aliphatic heterocycles. The average molecular weight is 517 g/mol. The first-order chi connectivity index (χ1) is 15.5. The lowest BCUT2D eigenvalue weighted by Gasteiger charge is -2.26. The summed E-state index contributed by atoms with van der Waals surface area (Å²) in [5.74, 6) is -1.04. The summed E-state index contributed by atoms with van der Waals surface area (Å²) in [5.41, 5.74) is 0.499. The molecular formula is C19H24N4O7S3. The van der Waals surface area contributed by atoms with E-state index in [1.54, 1.807) is 12.1 Å². The van der Waals surface area contributed by atoms with E-state index in [9.17, 15) is 26.4 Å². The normalized spacial score (nSPS) is 14.8. The van der Waals surface area contributed by atoms with E-state index in [2.05, 4.69) is 10.3 Å². The lowest BCUT2D eigenvalue weighted by molar-refractivity contribution is -0.135. The van der Waals surface area contributed by atoms with Crippen molar-refractivity contribution >= 4 is 54.0 Å². The number of amides is 2. The molecule has 1 aliphatic rings. The van der Waals surface area contributed by atoms with Crippen molar-refractivity contribution in [1.82, 2.24) is 9.71 Å². The zero-order valence-electron chi connectivity index (χ0n) is 17.7. The number of carbonyl (C=O) groups excluding carboxylic acids is 1. The molecule has 33 heavy (non-hydrogen) atoms. The molecule has 3 N–H and O–H groups in total. The Morgan fingerprint density at radius 3 is 2.36 bits per heavy atom. The summed E-state index contributed by atoms with van der Waals surface area (Å²) >= 11 is 0.689. The van der Waals surface area contributed by atoms with Gasteiger partial charge in [0.15, 0.2) is 19.2 Å².